The van der Waals surface area contributed by atoms with E-state index in [9.17, 15) is 9.18 Å². The Morgan fingerprint density at radius 1 is 1.03 bits per heavy atom. The second-order valence-electron chi connectivity index (χ2n) is 8.02. The highest BCUT2D eigenvalue weighted by molar-refractivity contribution is 6.12. The summed E-state index contributed by atoms with van der Waals surface area (Å²) < 4.78 is 19.6. The van der Waals surface area contributed by atoms with Crippen LogP contribution in [0.5, 0.6) is 0 Å². The van der Waals surface area contributed by atoms with Crippen LogP contribution in [0.15, 0.2) is 48.5 Å². The number of morpholine rings is 1. The fourth-order valence-electron chi connectivity index (χ4n) is 4.46. The number of piperidine rings is 1. The van der Waals surface area contributed by atoms with Crippen molar-refractivity contribution in [1.82, 2.24) is 4.90 Å². The molecule has 6 rings (SSSR count). The molecule has 0 aromatic heterocycles. The summed E-state index contributed by atoms with van der Waals surface area (Å²) in [5.74, 6) is -0.191. The SMILES string of the molecule is Cc1c(F)cccc1Nc1ccc(C(=O)N2CC3CC(C2)O3)c2c(C)cccc12. The Morgan fingerprint density at radius 3 is 2.52 bits per heavy atom. The van der Waals surface area contributed by atoms with E-state index in [1.165, 1.54) is 6.07 Å². The number of hydrogen-bond acceptors (Lipinski definition) is 3. The van der Waals surface area contributed by atoms with Crippen molar-refractivity contribution < 1.29 is 13.9 Å². The summed E-state index contributed by atoms with van der Waals surface area (Å²) in [6.07, 6.45) is 1.42. The fraction of sp³-hybridized carbons (Fsp3) is 0.292. The van der Waals surface area contributed by atoms with E-state index in [1.54, 1.807) is 13.0 Å². The molecule has 4 nitrogen and oxygen atoms in total. The Morgan fingerprint density at radius 2 is 1.76 bits per heavy atom. The molecule has 148 valence electrons. The number of nitrogens with zero attached hydrogens (tertiary/aromatic N) is 1. The maximum Gasteiger partial charge on any atom is 0.254 e. The van der Waals surface area contributed by atoms with Crippen LogP contribution >= 0.6 is 0 Å². The number of aryl methyl sites for hydroxylation is 1. The van der Waals surface area contributed by atoms with E-state index in [2.05, 4.69) is 5.32 Å². The summed E-state index contributed by atoms with van der Waals surface area (Å²) in [6.45, 7) is 5.09. The number of fused-ring (bicyclic) bond motifs is 3. The number of anilines is 2. The molecule has 2 unspecified atom stereocenters. The zero-order valence-corrected chi connectivity index (χ0v) is 16.5. The monoisotopic (exact) mass is 390 g/mol. The molecule has 1 amide bonds. The molecule has 2 atom stereocenters. The van der Waals surface area contributed by atoms with Gasteiger partial charge < -0.3 is 15.0 Å². The van der Waals surface area contributed by atoms with E-state index < -0.39 is 0 Å². The van der Waals surface area contributed by atoms with Gasteiger partial charge in [-0.25, -0.2) is 4.39 Å². The smallest absolute Gasteiger partial charge is 0.254 e. The molecule has 1 N–H and O–H groups in total. The molecular formula is C24H23FN2O2. The molecule has 3 aliphatic rings. The molecule has 0 saturated carbocycles. The molecule has 29 heavy (non-hydrogen) atoms. The van der Waals surface area contributed by atoms with Crippen molar-refractivity contribution in [2.75, 3.05) is 18.4 Å². The Kier molecular flexibility index (Phi) is 4.28. The average Bonchev–Trinajstić information content (AvgIpc) is 2.71. The lowest BCUT2D eigenvalue weighted by molar-refractivity contribution is -0.171. The van der Waals surface area contributed by atoms with Gasteiger partial charge >= 0.3 is 0 Å². The quantitative estimate of drug-likeness (QED) is 0.688. The fourth-order valence-corrected chi connectivity index (χ4v) is 4.46. The van der Waals surface area contributed by atoms with Crippen LogP contribution in [0.1, 0.15) is 27.9 Å². The van der Waals surface area contributed by atoms with Crippen molar-refractivity contribution in [1.29, 1.82) is 0 Å². The number of carbonyl (C=O) groups excluding carboxylic acids is 1. The van der Waals surface area contributed by atoms with Gasteiger partial charge in [0.1, 0.15) is 5.82 Å². The first-order chi connectivity index (χ1) is 14.0. The molecular weight excluding hydrogens is 367 g/mol. The van der Waals surface area contributed by atoms with Gasteiger partial charge in [-0.2, -0.15) is 0 Å². The predicted molar refractivity (Wildman–Crippen MR) is 112 cm³/mol. The summed E-state index contributed by atoms with van der Waals surface area (Å²) in [7, 11) is 0. The largest absolute Gasteiger partial charge is 0.371 e. The van der Waals surface area contributed by atoms with Crippen molar-refractivity contribution >= 4 is 28.1 Å². The van der Waals surface area contributed by atoms with Crippen LogP contribution in [0.4, 0.5) is 15.8 Å². The van der Waals surface area contributed by atoms with Gasteiger partial charge in [-0.15, -0.1) is 0 Å². The Labute approximate surface area is 169 Å². The molecule has 3 heterocycles. The van der Waals surface area contributed by atoms with Crippen LogP contribution in [-0.2, 0) is 4.74 Å². The first kappa shape index (κ1) is 18.1. The lowest BCUT2D eigenvalue weighted by atomic mass is 9.94. The first-order valence-electron chi connectivity index (χ1n) is 10.0. The molecule has 3 saturated heterocycles. The van der Waals surface area contributed by atoms with Gasteiger partial charge in [0.2, 0.25) is 0 Å². The van der Waals surface area contributed by atoms with E-state index in [4.69, 9.17) is 4.74 Å². The lowest BCUT2D eigenvalue weighted by Crippen LogP contribution is -2.58. The van der Waals surface area contributed by atoms with E-state index >= 15 is 0 Å². The van der Waals surface area contributed by atoms with Gasteiger partial charge in [0.05, 0.1) is 12.2 Å². The lowest BCUT2D eigenvalue weighted by Gasteiger charge is -2.47. The van der Waals surface area contributed by atoms with E-state index in [-0.39, 0.29) is 23.9 Å². The minimum absolute atomic E-state index is 0.0517. The molecule has 5 heteroatoms. The molecule has 0 aliphatic carbocycles. The molecule has 0 radical (unpaired) electrons. The van der Waals surface area contributed by atoms with Gasteiger partial charge in [-0.1, -0.05) is 24.3 Å². The van der Waals surface area contributed by atoms with E-state index in [0.29, 0.717) is 24.2 Å². The zero-order chi connectivity index (χ0) is 20.1. The number of rotatable bonds is 3. The van der Waals surface area contributed by atoms with Crippen molar-refractivity contribution in [2.24, 2.45) is 0 Å². The van der Waals surface area contributed by atoms with Gasteiger partial charge in [0.25, 0.3) is 5.91 Å². The Bertz CT molecular complexity index is 1110. The average molecular weight is 390 g/mol. The first-order valence-corrected chi connectivity index (χ1v) is 10.0. The number of halogens is 1. The van der Waals surface area contributed by atoms with Crippen molar-refractivity contribution in [3.63, 3.8) is 0 Å². The van der Waals surface area contributed by atoms with Crippen LogP contribution in [-0.4, -0.2) is 36.1 Å². The third-order valence-corrected chi connectivity index (χ3v) is 6.06. The maximum atomic E-state index is 14.0. The summed E-state index contributed by atoms with van der Waals surface area (Å²) in [6, 6.07) is 14.8. The number of carbonyl (C=O) groups is 1. The maximum absolute atomic E-state index is 14.0. The van der Waals surface area contributed by atoms with E-state index in [1.807, 2.05) is 48.2 Å². The number of amides is 1. The molecule has 3 aromatic rings. The van der Waals surface area contributed by atoms with Crippen LogP contribution in [0.3, 0.4) is 0 Å². The normalized spacial score (nSPS) is 20.4. The standard InChI is InChI=1S/C24H23FN2O2/c1-14-5-3-6-18-22(26-21-8-4-7-20(25)15(21)2)10-9-19(23(14)18)24(28)27-12-16-11-17(13-27)29-16/h3-10,16-17,26H,11-13H2,1-2H3. The highest BCUT2D eigenvalue weighted by Crippen LogP contribution is 2.35. The predicted octanol–water partition coefficient (Wildman–Crippen LogP) is 4.95. The second-order valence-corrected chi connectivity index (χ2v) is 8.02. The molecule has 3 aliphatic heterocycles. The summed E-state index contributed by atoms with van der Waals surface area (Å²) in [4.78, 5) is 15.2. The van der Waals surface area contributed by atoms with Gasteiger partial charge in [-0.3, -0.25) is 4.79 Å². The molecule has 2 bridgehead atoms. The Hall–Kier alpha value is -2.92. The van der Waals surface area contributed by atoms with Gasteiger partial charge in [0.15, 0.2) is 0 Å². The summed E-state index contributed by atoms with van der Waals surface area (Å²) >= 11 is 0. The number of hydrogen-bond donors (Lipinski definition) is 1. The highest BCUT2D eigenvalue weighted by atomic mass is 19.1. The minimum atomic E-state index is -0.242. The Balaban J connectivity index is 1.56. The van der Waals surface area contributed by atoms with Crippen LogP contribution < -0.4 is 5.32 Å². The van der Waals surface area contributed by atoms with Gasteiger partial charge in [-0.05, 0) is 49.1 Å². The van der Waals surface area contributed by atoms with Crippen LogP contribution in [0.25, 0.3) is 10.8 Å². The number of benzene rings is 3. The number of nitrogens with one attached hydrogen (secondary N) is 1. The topological polar surface area (TPSA) is 41.6 Å². The number of ether oxygens (including phenoxy) is 1. The zero-order valence-electron chi connectivity index (χ0n) is 16.5. The second kappa shape index (κ2) is 6.85. The van der Waals surface area contributed by atoms with Crippen LogP contribution in [0.2, 0.25) is 0 Å². The minimum Gasteiger partial charge on any atom is -0.371 e. The molecule has 3 aromatic carbocycles. The highest BCUT2D eigenvalue weighted by Gasteiger charge is 2.40. The third-order valence-electron chi connectivity index (χ3n) is 6.06. The van der Waals surface area contributed by atoms with Crippen LogP contribution in [0, 0.1) is 19.7 Å². The van der Waals surface area contributed by atoms with E-state index in [0.717, 1.165) is 34.1 Å². The van der Waals surface area contributed by atoms with Crippen molar-refractivity contribution in [3.8, 4) is 0 Å². The summed E-state index contributed by atoms with van der Waals surface area (Å²) in [5, 5.41) is 5.26. The third kappa shape index (κ3) is 3.06. The summed E-state index contributed by atoms with van der Waals surface area (Å²) in [5.41, 5.74) is 3.91. The molecule has 0 spiro atoms. The van der Waals surface area contributed by atoms with Gasteiger partial charge in [0, 0.05) is 47.4 Å². The van der Waals surface area contributed by atoms with Crippen molar-refractivity contribution in [2.45, 2.75) is 32.5 Å². The van der Waals surface area contributed by atoms with Crippen molar-refractivity contribution in [3.05, 3.63) is 71.0 Å². The molecule has 3 fully saturated rings.